The van der Waals surface area contributed by atoms with E-state index in [0.717, 1.165) is 4.47 Å². The topological polar surface area (TPSA) is 90.4 Å². The molecular formula is C14H20BrN3O2. The van der Waals surface area contributed by atoms with Crippen molar-refractivity contribution in [2.45, 2.75) is 26.8 Å². The molecule has 0 amide bonds. The van der Waals surface area contributed by atoms with E-state index in [9.17, 15) is 4.79 Å². The van der Waals surface area contributed by atoms with Gasteiger partial charge in [-0.1, -0.05) is 15.9 Å². The average molecular weight is 342 g/mol. The second kappa shape index (κ2) is 7.19. The van der Waals surface area contributed by atoms with E-state index in [-0.39, 0.29) is 18.3 Å². The number of benzene rings is 1. The van der Waals surface area contributed by atoms with Crippen LogP contribution in [0, 0.1) is 0 Å². The van der Waals surface area contributed by atoms with E-state index < -0.39 is 5.97 Å². The number of nitrogen functional groups attached to an aromatic ring is 1. The highest BCUT2D eigenvalue weighted by atomic mass is 79.9. The van der Waals surface area contributed by atoms with Gasteiger partial charge in [0.25, 0.3) is 0 Å². The zero-order valence-corrected chi connectivity index (χ0v) is 13.5. The second-order valence-corrected chi connectivity index (χ2v) is 5.46. The summed E-state index contributed by atoms with van der Waals surface area (Å²) in [6, 6.07) is 5.48. The van der Waals surface area contributed by atoms with Gasteiger partial charge in [0.15, 0.2) is 0 Å². The van der Waals surface area contributed by atoms with Crippen LogP contribution in [0.25, 0.3) is 5.70 Å². The predicted octanol–water partition coefficient (Wildman–Crippen LogP) is 2.22. The molecule has 0 spiro atoms. The molecule has 0 aliphatic rings. The van der Waals surface area contributed by atoms with Crippen LogP contribution in [0.2, 0.25) is 0 Å². The number of halogens is 1. The zero-order chi connectivity index (χ0) is 15.3. The Hall–Kier alpha value is -1.69. The van der Waals surface area contributed by atoms with Crippen molar-refractivity contribution in [1.29, 1.82) is 0 Å². The van der Waals surface area contributed by atoms with Crippen molar-refractivity contribution in [2.24, 2.45) is 5.73 Å². The monoisotopic (exact) mass is 341 g/mol. The van der Waals surface area contributed by atoms with Gasteiger partial charge in [-0.2, -0.15) is 0 Å². The van der Waals surface area contributed by atoms with E-state index in [1.54, 1.807) is 13.0 Å². The Morgan fingerprint density at radius 2 is 2.10 bits per heavy atom. The number of nitrogens with one attached hydrogen (secondary N) is 1. The van der Waals surface area contributed by atoms with Gasteiger partial charge >= 0.3 is 5.97 Å². The first-order valence-corrected chi connectivity index (χ1v) is 7.14. The van der Waals surface area contributed by atoms with Crippen LogP contribution < -0.4 is 16.8 Å². The lowest BCUT2D eigenvalue weighted by molar-refractivity contribution is -0.138. The fourth-order valence-electron chi connectivity index (χ4n) is 1.65. The molecule has 0 saturated carbocycles. The van der Waals surface area contributed by atoms with Crippen molar-refractivity contribution < 1.29 is 9.53 Å². The van der Waals surface area contributed by atoms with Crippen LogP contribution in [0.4, 0.5) is 5.69 Å². The second-order valence-electron chi connectivity index (χ2n) is 4.54. The largest absolute Gasteiger partial charge is 0.461 e. The van der Waals surface area contributed by atoms with Gasteiger partial charge in [-0.15, -0.1) is 0 Å². The lowest BCUT2D eigenvalue weighted by Crippen LogP contribution is -2.28. The van der Waals surface area contributed by atoms with Crippen LogP contribution in [0.3, 0.4) is 0 Å². The van der Waals surface area contributed by atoms with E-state index >= 15 is 0 Å². The standard InChI is InChI=1S/C14H20BrN3O2/c1-4-20-14(19)12(17)13(18-8(2)3)10-7-9(15)5-6-11(10)16/h5-8,18H,4,16-17H2,1-3H3/b13-12+. The number of rotatable bonds is 5. The first kappa shape index (κ1) is 16.4. The van der Waals surface area contributed by atoms with Crippen molar-refractivity contribution in [3.05, 3.63) is 33.9 Å². The SMILES string of the molecule is CCOC(=O)/C(N)=C(\NC(C)C)c1cc(Br)ccc1N. The fourth-order valence-corrected chi connectivity index (χ4v) is 2.01. The summed E-state index contributed by atoms with van der Waals surface area (Å²) in [5.41, 5.74) is 13.6. The normalized spacial score (nSPS) is 12.1. The number of anilines is 1. The third kappa shape index (κ3) is 4.16. The summed E-state index contributed by atoms with van der Waals surface area (Å²) < 4.78 is 5.79. The molecule has 1 rings (SSSR count). The molecule has 0 atom stereocenters. The summed E-state index contributed by atoms with van der Waals surface area (Å²) in [5.74, 6) is -0.560. The zero-order valence-electron chi connectivity index (χ0n) is 11.9. The number of esters is 1. The van der Waals surface area contributed by atoms with E-state index in [2.05, 4.69) is 21.2 Å². The summed E-state index contributed by atoms with van der Waals surface area (Å²) >= 11 is 3.38. The maximum absolute atomic E-state index is 11.8. The van der Waals surface area contributed by atoms with E-state index in [4.69, 9.17) is 16.2 Å². The number of ether oxygens (including phenoxy) is 1. The van der Waals surface area contributed by atoms with Crippen LogP contribution in [0.1, 0.15) is 26.3 Å². The Kier molecular flexibility index (Phi) is 5.88. The molecule has 0 bridgehead atoms. The molecule has 110 valence electrons. The van der Waals surface area contributed by atoms with Crippen molar-refractivity contribution in [3.63, 3.8) is 0 Å². The summed E-state index contributed by atoms with van der Waals surface area (Å²) in [5, 5.41) is 3.16. The Labute approximate surface area is 127 Å². The van der Waals surface area contributed by atoms with E-state index in [1.165, 1.54) is 0 Å². The highest BCUT2D eigenvalue weighted by molar-refractivity contribution is 9.10. The molecule has 0 unspecified atom stereocenters. The Balaban J connectivity index is 3.34. The third-order valence-electron chi connectivity index (χ3n) is 2.48. The van der Waals surface area contributed by atoms with Gasteiger partial charge in [-0.3, -0.25) is 0 Å². The van der Waals surface area contributed by atoms with Gasteiger partial charge in [-0.25, -0.2) is 4.79 Å². The van der Waals surface area contributed by atoms with Crippen molar-refractivity contribution in [2.75, 3.05) is 12.3 Å². The number of carbonyl (C=O) groups excluding carboxylic acids is 1. The Bertz CT molecular complexity index is 527. The molecule has 0 aliphatic heterocycles. The highest BCUT2D eigenvalue weighted by Gasteiger charge is 2.18. The minimum absolute atomic E-state index is 0.0188. The van der Waals surface area contributed by atoms with Crippen LogP contribution in [0.5, 0.6) is 0 Å². The number of carbonyl (C=O) groups is 1. The Morgan fingerprint density at radius 1 is 1.45 bits per heavy atom. The minimum atomic E-state index is -0.560. The van der Waals surface area contributed by atoms with Crippen LogP contribution in [-0.2, 0) is 9.53 Å². The van der Waals surface area contributed by atoms with Gasteiger partial charge in [0, 0.05) is 21.8 Å². The smallest absolute Gasteiger partial charge is 0.356 e. The summed E-state index contributed by atoms with van der Waals surface area (Å²) in [4.78, 5) is 11.8. The van der Waals surface area contributed by atoms with Crippen LogP contribution in [-0.4, -0.2) is 18.6 Å². The van der Waals surface area contributed by atoms with E-state index in [0.29, 0.717) is 16.9 Å². The predicted molar refractivity (Wildman–Crippen MR) is 84.6 cm³/mol. The lowest BCUT2D eigenvalue weighted by Gasteiger charge is -2.18. The number of nitrogens with two attached hydrogens (primary N) is 2. The first-order chi connectivity index (χ1) is 9.36. The van der Waals surface area contributed by atoms with Gasteiger partial charge < -0.3 is 21.5 Å². The van der Waals surface area contributed by atoms with Gasteiger partial charge in [0.05, 0.1) is 12.3 Å². The molecule has 1 aromatic carbocycles. The summed E-state index contributed by atoms with van der Waals surface area (Å²) in [6.07, 6.45) is 0. The van der Waals surface area contributed by atoms with Crippen molar-refractivity contribution in [3.8, 4) is 0 Å². The number of hydrogen-bond donors (Lipinski definition) is 3. The lowest BCUT2D eigenvalue weighted by atomic mass is 10.1. The Morgan fingerprint density at radius 3 is 2.65 bits per heavy atom. The molecule has 20 heavy (non-hydrogen) atoms. The molecule has 5 nitrogen and oxygen atoms in total. The molecule has 6 heteroatoms. The quantitative estimate of drug-likeness (QED) is 0.434. The summed E-state index contributed by atoms with van der Waals surface area (Å²) in [6.45, 7) is 5.90. The average Bonchev–Trinajstić information content (AvgIpc) is 2.38. The molecule has 0 fully saturated rings. The van der Waals surface area contributed by atoms with Gasteiger partial charge in [0.1, 0.15) is 5.70 Å². The van der Waals surface area contributed by atoms with Crippen molar-refractivity contribution in [1.82, 2.24) is 5.32 Å². The molecular weight excluding hydrogens is 322 g/mol. The van der Waals surface area contributed by atoms with Gasteiger partial charge in [-0.05, 0) is 39.0 Å². The van der Waals surface area contributed by atoms with Crippen LogP contribution in [0.15, 0.2) is 28.4 Å². The first-order valence-electron chi connectivity index (χ1n) is 6.35. The molecule has 0 aromatic heterocycles. The van der Waals surface area contributed by atoms with Crippen molar-refractivity contribution >= 4 is 33.3 Å². The third-order valence-corrected chi connectivity index (χ3v) is 2.98. The maximum atomic E-state index is 11.8. The molecule has 0 saturated heterocycles. The molecule has 0 heterocycles. The molecule has 5 N–H and O–H groups in total. The maximum Gasteiger partial charge on any atom is 0.356 e. The van der Waals surface area contributed by atoms with Crippen LogP contribution >= 0.6 is 15.9 Å². The van der Waals surface area contributed by atoms with Gasteiger partial charge in [0.2, 0.25) is 0 Å². The molecule has 1 aromatic rings. The van der Waals surface area contributed by atoms with E-state index in [1.807, 2.05) is 26.0 Å². The molecule has 0 radical (unpaired) electrons. The molecule has 0 aliphatic carbocycles. The summed E-state index contributed by atoms with van der Waals surface area (Å²) in [7, 11) is 0. The fraction of sp³-hybridized carbons (Fsp3) is 0.357. The minimum Gasteiger partial charge on any atom is -0.461 e. The number of hydrogen-bond acceptors (Lipinski definition) is 5. The highest BCUT2D eigenvalue weighted by Crippen LogP contribution is 2.25.